The molecule has 100 valence electrons. The molecular weight excluding hydrogens is 220 g/mol. The van der Waals surface area contributed by atoms with Crippen LogP contribution in [0.2, 0.25) is 0 Å². The molecule has 0 heterocycles. The summed E-state index contributed by atoms with van der Waals surface area (Å²) >= 11 is 0. The zero-order valence-electron chi connectivity index (χ0n) is 11.2. The number of carboxylic acids is 1. The van der Waals surface area contributed by atoms with Gasteiger partial charge in [0.05, 0.1) is 0 Å². The van der Waals surface area contributed by atoms with E-state index in [0.29, 0.717) is 6.42 Å². The first kappa shape index (κ1) is 15.7. The second-order valence-corrected chi connectivity index (χ2v) is 4.98. The molecule has 2 N–H and O–H groups in total. The first-order chi connectivity index (χ1) is 7.78. The van der Waals surface area contributed by atoms with E-state index in [2.05, 4.69) is 12.2 Å². The van der Waals surface area contributed by atoms with Crippen molar-refractivity contribution < 1.29 is 14.7 Å². The molecule has 0 aromatic heterocycles. The van der Waals surface area contributed by atoms with E-state index in [1.807, 2.05) is 13.8 Å². The molecule has 0 bridgehead atoms. The van der Waals surface area contributed by atoms with Crippen LogP contribution in [0.3, 0.4) is 0 Å². The van der Waals surface area contributed by atoms with Gasteiger partial charge in [-0.05, 0) is 26.7 Å². The van der Waals surface area contributed by atoms with Crippen LogP contribution in [0.4, 0.5) is 4.79 Å². The number of carboxylic acid groups (broad SMARTS) is 1. The van der Waals surface area contributed by atoms with Gasteiger partial charge in [-0.2, -0.15) is 0 Å². The van der Waals surface area contributed by atoms with E-state index < -0.39 is 11.5 Å². The smallest absolute Gasteiger partial charge is 0.317 e. The van der Waals surface area contributed by atoms with Crippen LogP contribution < -0.4 is 5.32 Å². The first-order valence-corrected chi connectivity index (χ1v) is 6.03. The van der Waals surface area contributed by atoms with Gasteiger partial charge in [0.15, 0.2) is 0 Å². The highest BCUT2D eigenvalue weighted by Gasteiger charge is 2.22. The molecule has 2 amide bonds. The largest absolute Gasteiger partial charge is 0.481 e. The normalized spacial score (nSPS) is 11.1. The Morgan fingerprint density at radius 2 is 1.94 bits per heavy atom. The molecule has 0 aliphatic rings. The summed E-state index contributed by atoms with van der Waals surface area (Å²) in [6, 6.07) is -0.145. The number of hydrogen-bond acceptors (Lipinski definition) is 2. The number of aliphatic carboxylic acids is 1. The summed E-state index contributed by atoms with van der Waals surface area (Å²) in [4.78, 5) is 23.9. The summed E-state index contributed by atoms with van der Waals surface area (Å²) in [5.74, 6) is -0.841. The second-order valence-electron chi connectivity index (χ2n) is 4.98. The summed E-state index contributed by atoms with van der Waals surface area (Å²) in [5, 5.41) is 11.5. The molecule has 0 aromatic rings. The third kappa shape index (κ3) is 7.60. The Labute approximate surface area is 103 Å². The van der Waals surface area contributed by atoms with E-state index in [1.54, 1.807) is 11.9 Å². The molecule has 0 spiro atoms. The fourth-order valence-electron chi connectivity index (χ4n) is 1.36. The average molecular weight is 244 g/mol. The fourth-order valence-corrected chi connectivity index (χ4v) is 1.36. The monoisotopic (exact) mass is 244 g/mol. The van der Waals surface area contributed by atoms with Crippen molar-refractivity contribution in [1.29, 1.82) is 0 Å². The highest BCUT2D eigenvalue weighted by molar-refractivity contribution is 5.74. The van der Waals surface area contributed by atoms with Crippen LogP contribution in [0, 0.1) is 0 Å². The van der Waals surface area contributed by atoms with Crippen LogP contribution in [0.25, 0.3) is 0 Å². The van der Waals surface area contributed by atoms with E-state index >= 15 is 0 Å². The Hall–Kier alpha value is -1.26. The van der Waals surface area contributed by atoms with Crippen LogP contribution in [0.5, 0.6) is 0 Å². The van der Waals surface area contributed by atoms with Gasteiger partial charge in [0.1, 0.15) is 0 Å². The van der Waals surface area contributed by atoms with Gasteiger partial charge in [-0.25, -0.2) is 4.79 Å². The lowest BCUT2D eigenvalue weighted by Gasteiger charge is -2.29. The second kappa shape index (κ2) is 7.14. The number of hydrogen-bond donors (Lipinski definition) is 2. The van der Waals surface area contributed by atoms with E-state index in [1.165, 1.54) is 0 Å². The summed E-state index contributed by atoms with van der Waals surface area (Å²) in [6.45, 7) is 6.46. The lowest BCUT2D eigenvalue weighted by atomic mass is 9.99. The topological polar surface area (TPSA) is 69.6 Å². The van der Waals surface area contributed by atoms with Gasteiger partial charge in [0, 0.05) is 25.6 Å². The van der Waals surface area contributed by atoms with Gasteiger partial charge in [0.25, 0.3) is 0 Å². The fraction of sp³-hybridized carbons (Fsp3) is 0.833. The number of amides is 2. The lowest BCUT2D eigenvalue weighted by molar-refractivity contribution is -0.137. The third-order valence-electron chi connectivity index (χ3n) is 2.60. The maximum Gasteiger partial charge on any atom is 0.317 e. The van der Waals surface area contributed by atoms with Crippen molar-refractivity contribution in [1.82, 2.24) is 10.2 Å². The predicted octanol–water partition coefficient (Wildman–Crippen LogP) is 2.07. The number of nitrogens with one attached hydrogen (secondary N) is 1. The molecule has 17 heavy (non-hydrogen) atoms. The highest BCUT2D eigenvalue weighted by Crippen LogP contribution is 2.11. The van der Waals surface area contributed by atoms with Gasteiger partial charge >= 0.3 is 12.0 Å². The van der Waals surface area contributed by atoms with Crippen molar-refractivity contribution in [3.05, 3.63) is 0 Å². The minimum absolute atomic E-state index is 0.0615. The molecule has 0 aliphatic heterocycles. The molecule has 0 saturated heterocycles. The Kier molecular flexibility index (Phi) is 6.61. The maximum absolute atomic E-state index is 11.8. The molecule has 0 fully saturated rings. The van der Waals surface area contributed by atoms with Crippen LogP contribution in [0.1, 0.15) is 46.5 Å². The Morgan fingerprint density at radius 1 is 1.35 bits per heavy atom. The minimum atomic E-state index is -0.841. The van der Waals surface area contributed by atoms with Crippen molar-refractivity contribution in [2.75, 3.05) is 13.6 Å². The van der Waals surface area contributed by atoms with E-state index in [4.69, 9.17) is 5.11 Å². The predicted molar refractivity (Wildman–Crippen MR) is 67.0 cm³/mol. The average Bonchev–Trinajstić information content (AvgIpc) is 2.22. The van der Waals surface area contributed by atoms with Crippen molar-refractivity contribution in [2.45, 2.75) is 52.0 Å². The van der Waals surface area contributed by atoms with Crippen LogP contribution in [0.15, 0.2) is 0 Å². The summed E-state index contributed by atoms with van der Waals surface area (Å²) in [7, 11) is 1.75. The van der Waals surface area contributed by atoms with Crippen molar-refractivity contribution in [3.8, 4) is 0 Å². The molecule has 0 saturated carbocycles. The molecule has 0 atom stereocenters. The SMILES string of the molecule is CCCCN(C)C(=O)NC(C)(C)CCC(=O)O. The van der Waals surface area contributed by atoms with Crippen molar-refractivity contribution in [3.63, 3.8) is 0 Å². The minimum Gasteiger partial charge on any atom is -0.481 e. The van der Waals surface area contributed by atoms with Gasteiger partial charge in [-0.1, -0.05) is 13.3 Å². The third-order valence-corrected chi connectivity index (χ3v) is 2.60. The standard InChI is InChI=1S/C12H24N2O3/c1-5-6-9-14(4)11(17)13-12(2,3)8-7-10(15)16/h5-9H2,1-4H3,(H,13,17)(H,15,16). The maximum atomic E-state index is 11.8. The highest BCUT2D eigenvalue weighted by atomic mass is 16.4. The molecule has 5 heteroatoms. The van der Waals surface area contributed by atoms with E-state index in [9.17, 15) is 9.59 Å². The van der Waals surface area contributed by atoms with Gasteiger partial charge < -0.3 is 15.3 Å². The molecule has 0 unspecified atom stereocenters. The number of carbonyl (C=O) groups is 2. The van der Waals surface area contributed by atoms with E-state index in [-0.39, 0.29) is 12.5 Å². The Balaban J connectivity index is 4.11. The summed E-state index contributed by atoms with van der Waals surface area (Å²) < 4.78 is 0. The van der Waals surface area contributed by atoms with Gasteiger partial charge in [0.2, 0.25) is 0 Å². The van der Waals surface area contributed by atoms with E-state index in [0.717, 1.165) is 19.4 Å². The van der Waals surface area contributed by atoms with Crippen LogP contribution in [-0.4, -0.2) is 41.1 Å². The molecule has 0 aromatic carbocycles. The number of unbranched alkanes of at least 4 members (excludes halogenated alkanes) is 1. The molecule has 0 rings (SSSR count). The quantitative estimate of drug-likeness (QED) is 0.720. The molecular formula is C12H24N2O3. The Morgan fingerprint density at radius 3 is 2.41 bits per heavy atom. The lowest BCUT2D eigenvalue weighted by Crippen LogP contribution is -2.49. The molecule has 5 nitrogen and oxygen atoms in total. The summed E-state index contributed by atoms with van der Waals surface area (Å²) in [6.07, 6.45) is 2.50. The number of urea groups is 1. The molecule has 0 aliphatic carbocycles. The first-order valence-electron chi connectivity index (χ1n) is 6.03. The van der Waals surface area contributed by atoms with Gasteiger partial charge in [-0.3, -0.25) is 4.79 Å². The van der Waals surface area contributed by atoms with Crippen molar-refractivity contribution >= 4 is 12.0 Å². The summed E-state index contributed by atoms with van der Waals surface area (Å²) in [5.41, 5.74) is -0.490. The number of carbonyl (C=O) groups excluding carboxylic acids is 1. The van der Waals surface area contributed by atoms with Crippen LogP contribution >= 0.6 is 0 Å². The van der Waals surface area contributed by atoms with Crippen LogP contribution in [-0.2, 0) is 4.79 Å². The Bertz CT molecular complexity index is 264. The van der Waals surface area contributed by atoms with Crippen molar-refractivity contribution in [2.24, 2.45) is 0 Å². The van der Waals surface area contributed by atoms with Gasteiger partial charge in [-0.15, -0.1) is 0 Å². The zero-order chi connectivity index (χ0) is 13.5. The number of nitrogens with zero attached hydrogens (tertiary/aromatic N) is 1. The zero-order valence-corrected chi connectivity index (χ0v) is 11.2. The molecule has 0 radical (unpaired) electrons. The number of rotatable bonds is 7.